The number of carboxylic acid groups (broad SMARTS) is 3. The van der Waals surface area contributed by atoms with Gasteiger partial charge in [-0.3, -0.25) is 0 Å². The number of carbonyl (C=O) groups is 3. The normalized spacial score (nSPS) is 8.90. The number of rotatable bonds is 3. The molecule has 0 saturated carbocycles. The van der Waals surface area contributed by atoms with Gasteiger partial charge in [0.05, 0.1) is 17.9 Å². The van der Waals surface area contributed by atoms with Gasteiger partial charge in [0.2, 0.25) is 0 Å². The van der Waals surface area contributed by atoms with E-state index in [1.165, 1.54) is 72.8 Å². The van der Waals surface area contributed by atoms with E-state index in [9.17, 15) is 29.7 Å². The zero-order valence-electron chi connectivity index (χ0n) is 15.9. The molecule has 9 nitrogen and oxygen atoms in total. The Kier molecular flexibility index (Phi) is 12.4. The van der Waals surface area contributed by atoms with Crippen molar-refractivity contribution < 1.29 is 67.4 Å². The summed E-state index contributed by atoms with van der Waals surface area (Å²) in [4.78, 5) is 30.5. The topological polar surface area (TPSA) is 198 Å². The molecule has 3 aromatic carbocycles. The Morgan fingerprint density at radius 3 is 0.742 bits per heavy atom. The van der Waals surface area contributed by atoms with Gasteiger partial charge in [-0.15, -0.1) is 0 Å². The van der Waals surface area contributed by atoms with Crippen molar-refractivity contribution in [2.45, 2.75) is 0 Å². The van der Waals surface area contributed by atoms with Gasteiger partial charge in [-0.05, 0) is 53.1 Å². The summed E-state index contributed by atoms with van der Waals surface area (Å²) in [6.07, 6.45) is 0. The molecule has 3 rings (SSSR count). The van der Waals surface area contributed by atoms with E-state index in [-0.39, 0.29) is 54.4 Å². The molecule has 0 bridgehead atoms. The van der Waals surface area contributed by atoms with Crippen LogP contribution in [0.15, 0.2) is 72.8 Å². The number of nitrogens with two attached hydrogens (primary N) is 3. The predicted molar refractivity (Wildman–Crippen MR) is 106 cm³/mol. The van der Waals surface area contributed by atoms with Gasteiger partial charge >= 0.3 is 37.7 Å². The van der Waals surface area contributed by atoms with Gasteiger partial charge in [0.25, 0.3) is 0 Å². The molecule has 0 aliphatic heterocycles. The van der Waals surface area contributed by atoms with Crippen molar-refractivity contribution >= 4 is 35.0 Å². The van der Waals surface area contributed by atoms with E-state index < -0.39 is 17.9 Å². The van der Waals surface area contributed by atoms with Crippen LogP contribution in [0.5, 0.6) is 0 Å². The standard InChI is InChI=1S/3C7H7NO2.Ho/c3*8-6-3-1-5(2-4-6)7(9)10;/h3*1-4H,8H2,(H,9,10);/q;;;+3/p-3. The van der Waals surface area contributed by atoms with E-state index in [0.717, 1.165) is 0 Å². The van der Waals surface area contributed by atoms with Gasteiger partial charge in [-0.1, -0.05) is 36.4 Å². The van der Waals surface area contributed by atoms with Crippen molar-refractivity contribution in [1.29, 1.82) is 0 Å². The minimum Gasteiger partial charge on any atom is -0.545 e. The quantitative estimate of drug-likeness (QED) is 0.257. The Morgan fingerprint density at radius 2 is 0.613 bits per heavy atom. The molecule has 6 N–H and O–H groups in total. The first-order valence-corrected chi connectivity index (χ1v) is 8.30. The van der Waals surface area contributed by atoms with Gasteiger partial charge < -0.3 is 46.9 Å². The summed E-state index contributed by atoms with van der Waals surface area (Å²) in [6.45, 7) is 0. The van der Waals surface area contributed by atoms with E-state index in [2.05, 4.69) is 0 Å². The molecule has 164 valence electrons. The van der Waals surface area contributed by atoms with Crippen LogP contribution in [-0.2, 0) is 0 Å². The Labute approximate surface area is 208 Å². The van der Waals surface area contributed by atoms with Gasteiger partial charge in [-0.2, -0.15) is 0 Å². The minimum atomic E-state index is -1.18. The second kappa shape index (κ2) is 13.9. The maximum atomic E-state index is 10.2. The van der Waals surface area contributed by atoms with Crippen molar-refractivity contribution in [1.82, 2.24) is 0 Å². The minimum absolute atomic E-state index is 0. The molecule has 0 aliphatic rings. The average Bonchev–Trinajstić information content (AvgIpc) is 2.70. The smallest absolute Gasteiger partial charge is 0.545 e. The molecular weight excluding hydrogens is 555 g/mol. The molecule has 10 heteroatoms. The first-order valence-electron chi connectivity index (χ1n) is 8.30. The number of anilines is 3. The molecule has 0 spiro atoms. The molecule has 3 aromatic rings. The number of carboxylic acids is 3. The summed E-state index contributed by atoms with van der Waals surface area (Å²) in [7, 11) is 0. The average molecular weight is 573 g/mol. The number of carbonyl (C=O) groups excluding carboxylic acids is 3. The van der Waals surface area contributed by atoms with Crippen LogP contribution in [0.3, 0.4) is 0 Å². The van der Waals surface area contributed by atoms with E-state index in [1.54, 1.807) is 0 Å². The van der Waals surface area contributed by atoms with Crippen molar-refractivity contribution in [3.63, 3.8) is 0 Å². The summed E-state index contributed by atoms with van der Waals surface area (Å²) in [5.41, 5.74) is 18.0. The van der Waals surface area contributed by atoms with E-state index in [0.29, 0.717) is 17.1 Å². The van der Waals surface area contributed by atoms with Gasteiger partial charge in [-0.25, -0.2) is 0 Å². The predicted octanol–water partition coefficient (Wildman–Crippen LogP) is -1.10. The number of hydrogen-bond acceptors (Lipinski definition) is 9. The fraction of sp³-hybridized carbons (Fsp3) is 0. The van der Waals surface area contributed by atoms with E-state index in [4.69, 9.17) is 17.2 Å². The van der Waals surface area contributed by atoms with Crippen molar-refractivity contribution in [3.05, 3.63) is 89.5 Å². The maximum absolute atomic E-state index is 10.2. The van der Waals surface area contributed by atoms with Gasteiger partial charge in [0, 0.05) is 17.1 Å². The van der Waals surface area contributed by atoms with Crippen LogP contribution in [0.4, 0.5) is 17.1 Å². The first-order chi connectivity index (χ1) is 14.1. The summed E-state index contributed by atoms with van der Waals surface area (Å²) >= 11 is 0. The van der Waals surface area contributed by atoms with Crippen molar-refractivity contribution in [3.8, 4) is 0 Å². The fourth-order valence-corrected chi connectivity index (χ4v) is 1.86. The maximum Gasteiger partial charge on any atom is 3.00 e. The second-order valence-corrected chi connectivity index (χ2v) is 5.73. The fourth-order valence-electron chi connectivity index (χ4n) is 1.86. The number of hydrogen-bond donors (Lipinski definition) is 3. The third-order valence-electron chi connectivity index (χ3n) is 3.44. The van der Waals surface area contributed by atoms with E-state index >= 15 is 0 Å². The van der Waals surface area contributed by atoms with Crippen LogP contribution in [-0.4, -0.2) is 17.9 Å². The van der Waals surface area contributed by atoms with Gasteiger partial charge in [0.15, 0.2) is 0 Å². The summed E-state index contributed by atoms with van der Waals surface area (Å²) in [6, 6.07) is 17.6. The number of benzene rings is 3. The molecule has 31 heavy (non-hydrogen) atoms. The van der Waals surface area contributed by atoms with Crippen molar-refractivity contribution in [2.24, 2.45) is 0 Å². The molecule has 0 saturated heterocycles. The molecule has 0 aliphatic carbocycles. The third-order valence-corrected chi connectivity index (χ3v) is 3.44. The number of aromatic carboxylic acids is 3. The monoisotopic (exact) mass is 573 g/mol. The van der Waals surface area contributed by atoms with Crippen LogP contribution in [0, 0.1) is 37.7 Å². The van der Waals surface area contributed by atoms with Crippen LogP contribution in [0.25, 0.3) is 0 Å². The summed E-state index contributed by atoms with van der Waals surface area (Å²) < 4.78 is 0. The molecule has 0 atom stereocenters. The van der Waals surface area contributed by atoms with Crippen LogP contribution in [0.1, 0.15) is 31.1 Å². The largest absolute Gasteiger partial charge is 3.00 e. The van der Waals surface area contributed by atoms with Crippen LogP contribution < -0.4 is 32.5 Å². The summed E-state index contributed by atoms with van der Waals surface area (Å²) in [5.74, 6) is -3.54. The first kappa shape index (κ1) is 27.7. The third kappa shape index (κ3) is 10.9. The molecule has 0 aromatic heterocycles. The number of nitrogen functional groups attached to an aromatic ring is 3. The molecule has 0 fully saturated rings. The zero-order chi connectivity index (χ0) is 22.7. The Bertz CT molecular complexity index is 859. The van der Waals surface area contributed by atoms with Crippen molar-refractivity contribution in [2.75, 3.05) is 17.2 Å². The van der Waals surface area contributed by atoms with E-state index in [1.807, 2.05) is 0 Å². The Balaban J connectivity index is 0.000000429. The van der Waals surface area contributed by atoms with Crippen LogP contribution in [0.2, 0.25) is 0 Å². The molecule has 0 amide bonds. The summed E-state index contributed by atoms with van der Waals surface area (Å²) in [5, 5.41) is 30.5. The SMILES string of the molecule is Nc1ccc(C(=O)[O-])cc1.Nc1ccc(C(=O)[O-])cc1.Nc1ccc(C(=O)[O-])cc1.[Ho+3]. The van der Waals surface area contributed by atoms with Gasteiger partial charge in [0.1, 0.15) is 0 Å². The van der Waals surface area contributed by atoms with Crippen LogP contribution >= 0.6 is 0 Å². The Morgan fingerprint density at radius 1 is 0.452 bits per heavy atom. The molecule has 0 radical (unpaired) electrons. The molecule has 0 heterocycles. The zero-order valence-corrected chi connectivity index (χ0v) is 17.8. The molecule has 0 unspecified atom stereocenters. The Hall–Kier alpha value is -3.27. The molecular formula is C21H18HoN3O6. The second-order valence-electron chi connectivity index (χ2n) is 5.73.